The van der Waals surface area contributed by atoms with Crippen LogP contribution in [0.5, 0.6) is 11.5 Å². The van der Waals surface area contributed by atoms with Gasteiger partial charge in [0, 0.05) is 25.2 Å². The normalized spacial score (nSPS) is 10.3. The molecule has 0 unspecified atom stereocenters. The average Bonchev–Trinajstić information content (AvgIpc) is 2.49. The molecule has 6 nitrogen and oxygen atoms in total. The number of hydrogen-bond donors (Lipinski definition) is 2. The smallest absolute Gasteiger partial charge is 0.269 e. The third-order valence-electron chi connectivity index (χ3n) is 2.86. The summed E-state index contributed by atoms with van der Waals surface area (Å²) < 4.78 is 5.47. The molecule has 110 valence electrons. The highest BCUT2D eigenvalue weighted by Gasteiger charge is 2.03. The van der Waals surface area contributed by atoms with Crippen LogP contribution >= 0.6 is 0 Å². The van der Waals surface area contributed by atoms with E-state index in [2.05, 4.69) is 5.32 Å². The van der Waals surface area contributed by atoms with Gasteiger partial charge in [0.2, 0.25) is 0 Å². The number of nitro groups is 1. The molecule has 0 aromatic heterocycles. The van der Waals surface area contributed by atoms with E-state index in [1.54, 1.807) is 24.3 Å². The predicted octanol–water partition coefficient (Wildman–Crippen LogP) is 2.47. The molecule has 2 aromatic rings. The van der Waals surface area contributed by atoms with Crippen LogP contribution in [0.25, 0.3) is 0 Å². The molecule has 0 amide bonds. The number of nitro benzene ring substituents is 1. The quantitative estimate of drug-likeness (QED) is 0.464. The fourth-order valence-corrected chi connectivity index (χ4v) is 1.75. The molecule has 0 radical (unpaired) electrons. The average molecular weight is 288 g/mol. The van der Waals surface area contributed by atoms with E-state index in [0.717, 1.165) is 5.56 Å². The summed E-state index contributed by atoms with van der Waals surface area (Å²) >= 11 is 0. The van der Waals surface area contributed by atoms with Gasteiger partial charge < -0.3 is 15.2 Å². The minimum absolute atomic E-state index is 0.0489. The number of phenols is 1. The van der Waals surface area contributed by atoms with Gasteiger partial charge >= 0.3 is 0 Å². The van der Waals surface area contributed by atoms with Crippen molar-refractivity contribution in [3.05, 3.63) is 64.2 Å². The number of nitrogens with one attached hydrogen (secondary N) is 1. The highest BCUT2D eigenvalue weighted by atomic mass is 16.6. The largest absolute Gasteiger partial charge is 0.508 e. The van der Waals surface area contributed by atoms with Gasteiger partial charge in [-0.3, -0.25) is 10.1 Å². The van der Waals surface area contributed by atoms with Crippen molar-refractivity contribution in [2.24, 2.45) is 0 Å². The Kier molecular flexibility index (Phi) is 5.11. The van der Waals surface area contributed by atoms with Crippen LogP contribution < -0.4 is 10.1 Å². The van der Waals surface area contributed by atoms with Crippen LogP contribution in [0.1, 0.15) is 5.56 Å². The van der Waals surface area contributed by atoms with Crippen molar-refractivity contribution >= 4 is 5.69 Å². The molecule has 0 heterocycles. The molecule has 2 aromatic carbocycles. The number of rotatable bonds is 7. The summed E-state index contributed by atoms with van der Waals surface area (Å²) in [7, 11) is 0. The maximum Gasteiger partial charge on any atom is 0.269 e. The third-order valence-corrected chi connectivity index (χ3v) is 2.86. The van der Waals surface area contributed by atoms with Crippen molar-refractivity contribution in [3.63, 3.8) is 0 Å². The predicted molar refractivity (Wildman–Crippen MR) is 78.4 cm³/mol. The number of hydrogen-bond acceptors (Lipinski definition) is 5. The second kappa shape index (κ2) is 7.25. The molecule has 2 N–H and O–H groups in total. The van der Waals surface area contributed by atoms with Gasteiger partial charge in [-0.25, -0.2) is 0 Å². The van der Waals surface area contributed by atoms with Crippen LogP contribution in [0, 0.1) is 10.1 Å². The zero-order valence-electron chi connectivity index (χ0n) is 11.4. The number of non-ortho nitro benzene ring substituents is 1. The molecule has 0 spiro atoms. The van der Waals surface area contributed by atoms with E-state index in [1.165, 1.54) is 12.1 Å². The number of aromatic hydroxyl groups is 1. The lowest BCUT2D eigenvalue weighted by Crippen LogP contribution is -2.20. The summed E-state index contributed by atoms with van der Waals surface area (Å²) in [6.07, 6.45) is 0. The molecule has 21 heavy (non-hydrogen) atoms. The zero-order chi connectivity index (χ0) is 15.1. The number of benzene rings is 2. The Labute approximate surface area is 122 Å². The van der Waals surface area contributed by atoms with E-state index < -0.39 is 4.92 Å². The highest BCUT2D eigenvalue weighted by molar-refractivity contribution is 5.35. The van der Waals surface area contributed by atoms with Gasteiger partial charge in [0.15, 0.2) is 0 Å². The van der Waals surface area contributed by atoms with E-state index in [1.807, 2.05) is 12.1 Å². The highest BCUT2D eigenvalue weighted by Crippen LogP contribution is 2.17. The van der Waals surface area contributed by atoms with Crippen molar-refractivity contribution in [1.29, 1.82) is 0 Å². The van der Waals surface area contributed by atoms with Gasteiger partial charge in [-0.15, -0.1) is 0 Å². The molecule has 0 aliphatic rings. The van der Waals surface area contributed by atoms with Crippen molar-refractivity contribution in [1.82, 2.24) is 5.32 Å². The molecule has 0 saturated carbocycles. The number of ether oxygens (including phenoxy) is 1. The topological polar surface area (TPSA) is 84.6 Å². The molecule has 0 bridgehead atoms. The minimum Gasteiger partial charge on any atom is -0.508 e. The van der Waals surface area contributed by atoms with Gasteiger partial charge in [-0.05, 0) is 29.8 Å². The van der Waals surface area contributed by atoms with E-state index >= 15 is 0 Å². The van der Waals surface area contributed by atoms with E-state index in [4.69, 9.17) is 9.84 Å². The first kappa shape index (κ1) is 14.8. The van der Waals surface area contributed by atoms with Crippen molar-refractivity contribution in [2.45, 2.75) is 6.54 Å². The molecule has 6 heteroatoms. The van der Waals surface area contributed by atoms with Gasteiger partial charge in [0.25, 0.3) is 5.69 Å². The molecule has 0 aliphatic heterocycles. The fraction of sp³-hybridized carbons (Fsp3) is 0.200. The second-order valence-electron chi connectivity index (χ2n) is 4.44. The molecular formula is C15H16N2O4. The molecule has 0 aliphatic carbocycles. The minimum atomic E-state index is -0.441. The maximum atomic E-state index is 10.5. The van der Waals surface area contributed by atoms with Gasteiger partial charge in [0.05, 0.1) is 4.92 Å². The SMILES string of the molecule is O=[N+]([O-])c1ccc(OCCNCc2ccc(O)cc2)cc1. The second-order valence-corrected chi connectivity index (χ2v) is 4.44. The molecular weight excluding hydrogens is 272 g/mol. The van der Waals surface area contributed by atoms with E-state index in [-0.39, 0.29) is 11.4 Å². The van der Waals surface area contributed by atoms with Gasteiger partial charge in [-0.2, -0.15) is 0 Å². The monoisotopic (exact) mass is 288 g/mol. The van der Waals surface area contributed by atoms with Crippen LogP contribution in [0.4, 0.5) is 5.69 Å². The summed E-state index contributed by atoms with van der Waals surface area (Å²) in [4.78, 5) is 10.1. The summed E-state index contributed by atoms with van der Waals surface area (Å²) in [5.41, 5.74) is 1.12. The first-order chi connectivity index (χ1) is 10.1. The lowest BCUT2D eigenvalue weighted by Gasteiger charge is -2.07. The fourth-order valence-electron chi connectivity index (χ4n) is 1.75. The first-order valence-electron chi connectivity index (χ1n) is 6.51. The molecule has 0 atom stereocenters. The first-order valence-corrected chi connectivity index (χ1v) is 6.51. The van der Waals surface area contributed by atoms with Crippen LogP contribution in [0.2, 0.25) is 0 Å². The summed E-state index contributed by atoms with van der Waals surface area (Å²) in [6, 6.07) is 13.0. The van der Waals surface area contributed by atoms with Crippen molar-refractivity contribution < 1.29 is 14.8 Å². The number of phenolic OH excluding ortho intramolecular Hbond substituents is 1. The summed E-state index contributed by atoms with van der Waals surface area (Å²) in [6.45, 7) is 1.80. The third kappa shape index (κ3) is 4.77. The Morgan fingerprint density at radius 1 is 1.10 bits per heavy atom. The Bertz CT molecular complexity index is 582. The zero-order valence-corrected chi connectivity index (χ0v) is 11.4. The Morgan fingerprint density at radius 2 is 1.76 bits per heavy atom. The van der Waals surface area contributed by atoms with Crippen LogP contribution in [-0.4, -0.2) is 23.2 Å². The Morgan fingerprint density at radius 3 is 2.38 bits per heavy atom. The van der Waals surface area contributed by atoms with Crippen molar-refractivity contribution in [3.8, 4) is 11.5 Å². The number of nitrogens with zero attached hydrogens (tertiary/aromatic N) is 1. The van der Waals surface area contributed by atoms with E-state index in [9.17, 15) is 10.1 Å². The maximum absolute atomic E-state index is 10.5. The van der Waals surface area contributed by atoms with Gasteiger partial charge in [-0.1, -0.05) is 12.1 Å². The molecule has 0 fully saturated rings. The lowest BCUT2D eigenvalue weighted by molar-refractivity contribution is -0.384. The Hall–Kier alpha value is -2.60. The van der Waals surface area contributed by atoms with Gasteiger partial charge in [0.1, 0.15) is 18.1 Å². The molecule has 0 saturated heterocycles. The summed E-state index contributed by atoms with van der Waals surface area (Å²) in [5, 5.41) is 22.9. The Balaban J connectivity index is 1.67. The van der Waals surface area contributed by atoms with Crippen LogP contribution in [0.3, 0.4) is 0 Å². The standard InChI is InChI=1S/C15H16N2O4/c18-14-5-1-12(2-6-14)11-16-9-10-21-15-7-3-13(4-8-15)17(19)20/h1-8,16,18H,9-11H2. The lowest BCUT2D eigenvalue weighted by atomic mass is 10.2. The molecule has 2 rings (SSSR count). The van der Waals surface area contributed by atoms with Crippen LogP contribution in [0.15, 0.2) is 48.5 Å². The van der Waals surface area contributed by atoms with E-state index in [0.29, 0.717) is 25.4 Å². The van der Waals surface area contributed by atoms with Crippen molar-refractivity contribution in [2.75, 3.05) is 13.2 Å². The van der Waals surface area contributed by atoms with Crippen LogP contribution in [-0.2, 0) is 6.54 Å². The summed E-state index contributed by atoms with van der Waals surface area (Å²) in [5.74, 6) is 0.854.